The van der Waals surface area contributed by atoms with Gasteiger partial charge in [0, 0.05) is 32.1 Å². The fourth-order valence-electron chi connectivity index (χ4n) is 3.94. The molecule has 0 radical (unpaired) electrons. The number of hydrazone groups is 1. The SMILES string of the molecule is Cc1cc(/C=N\NC(=O)CN(c2cccc(Cl)c2)S(=O)(=O)c2ccccc2)c(C)n1-c1cccc(Br)c1. The fraction of sp³-hybridized carbons (Fsp3) is 0.111. The molecule has 37 heavy (non-hydrogen) atoms. The first kappa shape index (κ1) is 26.7. The second kappa shape index (κ2) is 11.3. The van der Waals surface area contributed by atoms with E-state index in [2.05, 4.69) is 31.0 Å². The Morgan fingerprint density at radius 1 is 1.03 bits per heavy atom. The number of halogens is 2. The lowest BCUT2D eigenvalue weighted by Gasteiger charge is -2.23. The van der Waals surface area contributed by atoms with Crippen molar-refractivity contribution in [2.75, 3.05) is 10.8 Å². The van der Waals surface area contributed by atoms with E-state index in [-0.39, 0.29) is 10.6 Å². The number of carbonyl (C=O) groups excluding carboxylic acids is 1. The van der Waals surface area contributed by atoms with Crippen LogP contribution >= 0.6 is 27.5 Å². The van der Waals surface area contributed by atoms with Crippen LogP contribution in [0.2, 0.25) is 5.02 Å². The first-order chi connectivity index (χ1) is 17.7. The van der Waals surface area contributed by atoms with Gasteiger partial charge in [-0.25, -0.2) is 13.8 Å². The van der Waals surface area contributed by atoms with Gasteiger partial charge in [0.25, 0.3) is 15.9 Å². The summed E-state index contributed by atoms with van der Waals surface area (Å²) in [6.45, 7) is 3.47. The number of hydrogen-bond donors (Lipinski definition) is 1. The van der Waals surface area contributed by atoms with E-state index in [4.69, 9.17) is 11.6 Å². The largest absolute Gasteiger partial charge is 0.318 e. The summed E-state index contributed by atoms with van der Waals surface area (Å²) in [4.78, 5) is 12.9. The first-order valence-electron chi connectivity index (χ1n) is 11.3. The van der Waals surface area contributed by atoms with E-state index in [9.17, 15) is 13.2 Å². The third kappa shape index (κ3) is 6.12. The zero-order valence-electron chi connectivity index (χ0n) is 20.1. The Bertz CT molecular complexity index is 1570. The highest BCUT2D eigenvalue weighted by atomic mass is 79.9. The highest BCUT2D eigenvalue weighted by Gasteiger charge is 2.27. The maximum atomic E-state index is 13.4. The van der Waals surface area contributed by atoms with E-state index in [1.54, 1.807) is 42.6 Å². The van der Waals surface area contributed by atoms with Gasteiger partial charge in [0.2, 0.25) is 0 Å². The highest BCUT2D eigenvalue weighted by molar-refractivity contribution is 9.10. The van der Waals surface area contributed by atoms with Crippen LogP contribution in [0.25, 0.3) is 5.69 Å². The fourth-order valence-corrected chi connectivity index (χ4v) is 5.94. The van der Waals surface area contributed by atoms with Crippen molar-refractivity contribution in [2.45, 2.75) is 18.7 Å². The van der Waals surface area contributed by atoms with Crippen molar-refractivity contribution in [3.63, 3.8) is 0 Å². The molecule has 0 atom stereocenters. The Balaban J connectivity index is 1.55. The summed E-state index contributed by atoms with van der Waals surface area (Å²) in [5, 5.41) is 4.44. The number of carbonyl (C=O) groups is 1. The Morgan fingerprint density at radius 3 is 2.46 bits per heavy atom. The molecule has 0 aliphatic rings. The number of benzene rings is 3. The van der Waals surface area contributed by atoms with E-state index >= 15 is 0 Å². The minimum atomic E-state index is -4.03. The van der Waals surface area contributed by atoms with Crippen LogP contribution in [0.15, 0.2) is 99.4 Å². The molecule has 1 aromatic heterocycles. The van der Waals surface area contributed by atoms with Gasteiger partial charge in [-0.05, 0) is 68.4 Å². The third-order valence-corrected chi connectivity index (χ3v) is 8.16. The molecule has 0 aliphatic carbocycles. The topological polar surface area (TPSA) is 83.8 Å². The van der Waals surface area contributed by atoms with Gasteiger partial charge < -0.3 is 4.57 Å². The second-order valence-electron chi connectivity index (χ2n) is 8.24. The molecule has 1 heterocycles. The number of aromatic nitrogens is 1. The molecule has 10 heteroatoms. The van der Waals surface area contributed by atoms with E-state index in [1.165, 1.54) is 18.2 Å². The summed E-state index contributed by atoms with van der Waals surface area (Å²) in [6.07, 6.45) is 1.55. The molecule has 1 amide bonds. The second-order valence-corrected chi connectivity index (χ2v) is 11.5. The van der Waals surface area contributed by atoms with Gasteiger partial charge >= 0.3 is 0 Å². The van der Waals surface area contributed by atoms with Crippen molar-refractivity contribution >= 4 is 55.4 Å². The number of nitrogens with zero attached hydrogens (tertiary/aromatic N) is 3. The average molecular weight is 600 g/mol. The van der Waals surface area contributed by atoms with E-state index in [0.29, 0.717) is 5.02 Å². The zero-order valence-corrected chi connectivity index (χ0v) is 23.3. The molecule has 0 aliphatic heterocycles. The highest BCUT2D eigenvalue weighted by Crippen LogP contribution is 2.26. The van der Waals surface area contributed by atoms with Crippen LogP contribution in [-0.2, 0) is 14.8 Å². The Labute approximate surface area is 229 Å². The number of anilines is 1. The summed E-state index contributed by atoms with van der Waals surface area (Å²) in [7, 11) is -4.03. The lowest BCUT2D eigenvalue weighted by atomic mass is 10.2. The molecule has 0 unspecified atom stereocenters. The number of sulfonamides is 1. The number of nitrogens with one attached hydrogen (secondary N) is 1. The Hall–Kier alpha value is -3.40. The van der Waals surface area contributed by atoms with Crippen molar-refractivity contribution < 1.29 is 13.2 Å². The molecule has 3 aromatic carbocycles. The van der Waals surface area contributed by atoms with E-state index in [0.717, 1.165) is 31.4 Å². The lowest BCUT2D eigenvalue weighted by molar-refractivity contribution is -0.119. The molecule has 4 rings (SSSR count). The van der Waals surface area contributed by atoms with Crippen LogP contribution in [0.4, 0.5) is 5.69 Å². The molecule has 0 saturated heterocycles. The summed E-state index contributed by atoms with van der Waals surface area (Å²) < 4.78 is 30.8. The van der Waals surface area contributed by atoms with Crippen molar-refractivity contribution in [3.8, 4) is 5.69 Å². The van der Waals surface area contributed by atoms with Crippen molar-refractivity contribution in [2.24, 2.45) is 5.10 Å². The van der Waals surface area contributed by atoms with Crippen molar-refractivity contribution in [3.05, 3.63) is 111 Å². The number of rotatable bonds is 8. The van der Waals surface area contributed by atoms with Gasteiger partial charge in [0.05, 0.1) is 16.8 Å². The molecule has 7 nitrogen and oxygen atoms in total. The summed E-state index contributed by atoms with van der Waals surface area (Å²) in [5.41, 5.74) is 6.49. The van der Waals surface area contributed by atoms with Crippen LogP contribution in [0.3, 0.4) is 0 Å². The molecule has 1 N–H and O–H groups in total. The van der Waals surface area contributed by atoms with Crippen LogP contribution in [0.1, 0.15) is 17.0 Å². The molecule has 0 fully saturated rings. The molecule has 4 aromatic rings. The molecule has 0 bridgehead atoms. The quantitative estimate of drug-likeness (QED) is 0.204. The number of aryl methyl sites for hydroxylation is 1. The normalized spacial score (nSPS) is 11.6. The van der Waals surface area contributed by atoms with Gasteiger partial charge in [-0.1, -0.05) is 57.9 Å². The number of hydrogen-bond acceptors (Lipinski definition) is 4. The minimum Gasteiger partial charge on any atom is -0.318 e. The smallest absolute Gasteiger partial charge is 0.264 e. The monoisotopic (exact) mass is 598 g/mol. The van der Waals surface area contributed by atoms with Crippen molar-refractivity contribution in [1.82, 2.24) is 9.99 Å². The third-order valence-electron chi connectivity index (χ3n) is 5.64. The molecule has 0 spiro atoms. The van der Waals surface area contributed by atoms with Gasteiger partial charge in [0.1, 0.15) is 6.54 Å². The minimum absolute atomic E-state index is 0.0614. The molecule has 190 valence electrons. The standard InChI is InChI=1S/C27H24BrClN4O3S/c1-19-14-21(20(2)33(19)25-11-6-8-22(28)15-25)17-30-31-27(34)18-32(24-10-7-9-23(29)16-24)37(35,36)26-12-4-3-5-13-26/h3-17H,18H2,1-2H3,(H,31,34)/b30-17-. The maximum absolute atomic E-state index is 13.4. The van der Waals surface area contributed by atoms with E-state index in [1.807, 2.05) is 44.2 Å². The average Bonchev–Trinajstić information content (AvgIpc) is 3.15. The summed E-state index contributed by atoms with van der Waals surface area (Å²) in [6, 6.07) is 24.2. The molecular weight excluding hydrogens is 576 g/mol. The van der Waals surface area contributed by atoms with Gasteiger partial charge in [0.15, 0.2) is 0 Å². The van der Waals surface area contributed by atoms with Crippen LogP contribution in [0, 0.1) is 13.8 Å². The number of amides is 1. The van der Waals surface area contributed by atoms with Gasteiger partial charge in [-0.3, -0.25) is 9.10 Å². The van der Waals surface area contributed by atoms with Crippen LogP contribution < -0.4 is 9.73 Å². The van der Waals surface area contributed by atoms with Gasteiger partial charge in [-0.15, -0.1) is 0 Å². The van der Waals surface area contributed by atoms with Crippen LogP contribution in [0.5, 0.6) is 0 Å². The maximum Gasteiger partial charge on any atom is 0.264 e. The van der Waals surface area contributed by atoms with Gasteiger partial charge in [-0.2, -0.15) is 5.10 Å². The predicted octanol–water partition coefficient (Wildman–Crippen LogP) is 5.86. The molecule has 0 saturated carbocycles. The zero-order chi connectivity index (χ0) is 26.6. The van der Waals surface area contributed by atoms with Crippen LogP contribution in [-0.4, -0.2) is 31.7 Å². The Morgan fingerprint density at radius 2 is 1.76 bits per heavy atom. The van der Waals surface area contributed by atoms with Crippen molar-refractivity contribution in [1.29, 1.82) is 0 Å². The Kier molecular flexibility index (Phi) is 8.16. The lowest BCUT2D eigenvalue weighted by Crippen LogP contribution is -2.39. The predicted molar refractivity (Wildman–Crippen MR) is 151 cm³/mol. The summed E-state index contributed by atoms with van der Waals surface area (Å²) >= 11 is 9.61. The first-order valence-corrected chi connectivity index (χ1v) is 13.9. The van der Waals surface area contributed by atoms with E-state index < -0.39 is 22.5 Å². The summed E-state index contributed by atoms with van der Waals surface area (Å²) in [5.74, 6) is -0.600. The molecular formula is C27H24BrClN4O3S.